The number of nitrogens with two attached hydrogens (primary N) is 1. The van der Waals surface area contributed by atoms with E-state index in [9.17, 15) is 13.2 Å². The number of hydrogen-bond acceptors (Lipinski definition) is 6. The molecule has 0 aliphatic carbocycles. The topological polar surface area (TPSA) is 133 Å². The molecule has 0 bridgehead atoms. The van der Waals surface area contributed by atoms with Gasteiger partial charge in [-0.15, -0.1) is 5.10 Å². The van der Waals surface area contributed by atoms with Crippen LogP contribution in [0.1, 0.15) is 17.8 Å². The van der Waals surface area contributed by atoms with Crippen molar-refractivity contribution < 1.29 is 13.2 Å². The number of nitrogens with zero attached hydrogens (tertiary/aromatic N) is 4. The number of nitrogens with one attached hydrogen (secondary N) is 1. The van der Waals surface area contributed by atoms with Crippen molar-refractivity contribution in [1.82, 2.24) is 25.3 Å². The second-order valence-corrected chi connectivity index (χ2v) is 7.35. The molecule has 3 N–H and O–H groups in total. The van der Waals surface area contributed by atoms with Crippen molar-refractivity contribution in [2.24, 2.45) is 5.14 Å². The average molecular weight is 386 g/mol. The lowest BCUT2D eigenvalue weighted by molar-refractivity contribution is -0.121. The van der Waals surface area contributed by atoms with E-state index < -0.39 is 10.0 Å². The van der Waals surface area contributed by atoms with E-state index in [2.05, 4.69) is 20.6 Å². The van der Waals surface area contributed by atoms with Gasteiger partial charge in [-0.3, -0.25) is 9.78 Å². The Hall–Kier alpha value is -3.11. The van der Waals surface area contributed by atoms with Crippen LogP contribution in [0.25, 0.3) is 5.69 Å². The van der Waals surface area contributed by atoms with E-state index in [-0.39, 0.29) is 17.2 Å². The first-order valence-corrected chi connectivity index (χ1v) is 9.67. The van der Waals surface area contributed by atoms with Gasteiger partial charge in [0.25, 0.3) is 0 Å². The molecule has 0 saturated heterocycles. The van der Waals surface area contributed by atoms with Crippen LogP contribution >= 0.6 is 0 Å². The molecule has 0 spiro atoms. The summed E-state index contributed by atoms with van der Waals surface area (Å²) in [7, 11) is -3.73. The molecule has 0 atom stereocenters. The molecule has 9 nitrogen and oxygen atoms in total. The predicted molar refractivity (Wildman–Crippen MR) is 97.1 cm³/mol. The summed E-state index contributed by atoms with van der Waals surface area (Å²) in [6.45, 7) is 0.378. The van der Waals surface area contributed by atoms with Crippen LogP contribution in [0.4, 0.5) is 0 Å². The van der Waals surface area contributed by atoms with Crippen molar-refractivity contribution in [2.45, 2.75) is 24.3 Å². The van der Waals surface area contributed by atoms with Crippen molar-refractivity contribution in [3.05, 3.63) is 66.2 Å². The lowest BCUT2D eigenvalue weighted by atomic mass is 10.2. The van der Waals surface area contributed by atoms with Gasteiger partial charge in [-0.2, -0.15) is 0 Å². The van der Waals surface area contributed by atoms with E-state index in [0.29, 0.717) is 24.3 Å². The monoisotopic (exact) mass is 386 g/mol. The molecule has 27 heavy (non-hydrogen) atoms. The van der Waals surface area contributed by atoms with Crippen LogP contribution in [0.2, 0.25) is 0 Å². The zero-order chi connectivity index (χ0) is 19.3. The van der Waals surface area contributed by atoms with E-state index in [1.165, 1.54) is 16.8 Å². The van der Waals surface area contributed by atoms with Crippen molar-refractivity contribution in [2.75, 3.05) is 0 Å². The van der Waals surface area contributed by atoms with Gasteiger partial charge in [0, 0.05) is 19.0 Å². The number of primary sulfonamides is 1. The Balaban J connectivity index is 1.54. The molecule has 0 fully saturated rings. The Bertz CT molecular complexity index is 1020. The molecular weight excluding hydrogens is 368 g/mol. The van der Waals surface area contributed by atoms with Crippen LogP contribution < -0.4 is 10.5 Å². The predicted octanol–water partition coefficient (Wildman–Crippen LogP) is 0.559. The standard InChI is InChI=1S/C17H18N6O3S/c18-27(25,26)16-7-5-15(6-8-16)23-12-14(21-22-23)4-9-17(24)20-11-13-3-1-2-10-19-13/h1-3,5-8,10,12H,4,9,11H2,(H,20,24)(H2,18,25,26). The highest BCUT2D eigenvalue weighted by Gasteiger charge is 2.09. The summed E-state index contributed by atoms with van der Waals surface area (Å²) >= 11 is 0. The minimum atomic E-state index is -3.73. The van der Waals surface area contributed by atoms with Gasteiger partial charge in [-0.25, -0.2) is 18.2 Å². The third kappa shape index (κ3) is 5.19. The van der Waals surface area contributed by atoms with Gasteiger partial charge < -0.3 is 5.32 Å². The van der Waals surface area contributed by atoms with Gasteiger partial charge in [0.15, 0.2) is 0 Å². The summed E-state index contributed by atoms with van der Waals surface area (Å²) in [5.74, 6) is -0.104. The summed E-state index contributed by atoms with van der Waals surface area (Å²) in [6.07, 6.45) is 4.08. The zero-order valence-corrected chi connectivity index (χ0v) is 15.1. The van der Waals surface area contributed by atoms with Crippen molar-refractivity contribution >= 4 is 15.9 Å². The van der Waals surface area contributed by atoms with Crippen molar-refractivity contribution in [1.29, 1.82) is 0 Å². The summed E-state index contributed by atoms with van der Waals surface area (Å²) < 4.78 is 24.1. The first-order chi connectivity index (χ1) is 12.9. The van der Waals surface area contributed by atoms with Crippen LogP contribution in [0.3, 0.4) is 0 Å². The highest BCUT2D eigenvalue weighted by atomic mass is 32.2. The Morgan fingerprint density at radius 2 is 1.89 bits per heavy atom. The summed E-state index contributed by atoms with van der Waals surface area (Å²) in [5.41, 5.74) is 2.08. The average Bonchev–Trinajstić information content (AvgIpc) is 3.14. The SMILES string of the molecule is NS(=O)(=O)c1ccc(-n2cc(CCC(=O)NCc3ccccn3)nn2)cc1. The fourth-order valence-electron chi connectivity index (χ4n) is 2.35. The largest absolute Gasteiger partial charge is 0.350 e. The number of pyridine rings is 1. The van der Waals surface area contributed by atoms with E-state index >= 15 is 0 Å². The molecule has 0 radical (unpaired) electrons. The molecule has 1 amide bonds. The third-order valence-electron chi connectivity index (χ3n) is 3.77. The first kappa shape index (κ1) is 18.7. The third-order valence-corrected chi connectivity index (χ3v) is 4.70. The molecule has 2 heterocycles. The zero-order valence-electron chi connectivity index (χ0n) is 14.3. The number of carbonyl (C=O) groups is 1. The molecule has 3 rings (SSSR count). The van der Waals surface area contributed by atoms with Crippen molar-refractivity contribution in [3.63, 3.8) is 0 Å². The molecule has 0 aliphatic rings. The van der Waals surface area contributed by atoms with Gasteiger partial charge >= 0.3 is 0 Å². The molecule has 0 aliphatic heterocycles. The number of carbonyl (C=O) groups excluding carboxylic acids is 1. The van der Waals surface area contributed by atoms with Crippen LogP contribution in [0.5, 0.6) is 0 Å². The maximum Gasteiger partial charge on any atom is 0.238 e. The number of benzene rings is 1. The Labute approximate surface area is 156 Å². The number of aromatic nitrogens is 4. The Morgan fingerprint density at radius 1 is 1.11 bits per heavy atom. The van der Waals surface area contributed by atoms with Gasteiger partial charge in [-0.05, 0) is 36.4 Å². The highest BCUT2D eigenvalue weighted by molar-refractivity contribution is 7.89. The molecule has 1 aromatic carbocycles. The van der Waals surface area contributed by atoms with Crippen LogP contribution in [-0.4, -0.2) is 34.3 Å². The quantitative estimate of drug-likeness (QED) is 0.609. The lowest BCUT2D eigenvalue weighted by Gasteiger charge is -2.03. The summed E-state index contributed by atoms with van der Waals surface area (Å²) in [4.78, 5) is 16.1. The molecule has 10 heteroatoms. The first-order valence-electron chi connectivity index (χ1n) is 8.13. The Kier molecular flexibility index (Phi) is 5.57. The molecule has 0 saturated carbocycles. The van der Waals surface area contributed by atoms with Crippen LogP contribution in [-0.2, 0) is 27.8 Å². The smallest absolute Gasteiger partial charge is 0.238 e. The lowest BCUT2D eigenvalue weighted by Crippen LogP contribution is -2.23. The van der Waals surface area contributed by atoms with E-state index in [0.717, 1.165) is 5.69 Å². The normalized spacial score (nSPS) is 11.3. The van der Waals surface area contributed by atoms with Gasteiger partial charge in [0.1, 0.15) is 0 Å². The number of amides is 1. The second-order valence-electron chi connectivity index (χ2n) is 5.79. The Morgan fingerprint density at radius 3 is 2.56 bits per heavy atom. The minimum absolute atomic E-state index is 0.0242. The number of rotatable bonds is 7. The number of sulfonamides is 1. The van der Waals surface area contributed by atoms with E-state index in [1.54, 1.807) is 24.5 Å². The number of aryl methyl sites for hydroxylation is 1. The molecule has 140 valence electrons. The maximum absolute atomic E-state index is 11.9. The van der Waals surface area contributed by atoms with Gasteiger partial charge in [0.2, 0.25) is 15.9 Å². The molecular formula is C17H18N6O3S. The van der Waals surface area contributed by atoms with Gasteiger partial charge in [-0.1, -0.05) is 11.3 Å². The molecule has 3 aromatic rings. The summed E-state index contributed by atoms with van der Waals surface area (Å²) in [5, 5.41) is 15.9. The van der Waals surface area contributed by atoms with E-state index in [1.807, 2.05) is 18.2 Å². The van der Waals surface area contributed by atoms with Gasteiger partial charge in [0.05, 0.1) is 34.7 Å². The van der Waals surface area contributed by atoms with Crippen molar-refractivity contribution in [3.8, 4) is 5.69 Å². The van der Waals surface area contributed by atoms with E-state index in [4.69, 9.17) is 5.14 Å². The molecule has 2 aromatic heterocycles. The fourth-order valence-corrected chi connectivity index (χ4v) is 2.86. The van der Waals surface area contributed by atoms with Crippen LogP contribution in [0, 0.1) is 0 Å². The summed E-state index contributed by atoms with van der Waals surface area (Å²) in [6, 6.07) is 11.5. The second kappa shape index (κ2) is 8.06. The maximum atomic E-state index is 11.9. The van der Waals surface area contributed by atoms with Crippen LogP contribution in [0.15, 0.2) is 59.8 Å². The molecule has 0 unspecified atom stereocenters. The highest BCUT2D eigenvalue weighted by Crippen LogP contribution is 2.12. The number of hydrogen-bond donors (Lipinski definition) is 2. The fraction of sp³-hybridized carbons (Fsp3) is 0.176. The minimum Gasteiger partial charge on any atom is -0.350 e.